The third-order valence-electron chi connectivity index (χ3n) is 2.85. The summed E-state index contributed by atoms with van der Waals surface area (Å²) in [5.74, 6) is 0.348. The van der Waals surface area contributed by atoms with E-state index in [9.17, 15) is 18.5 Å². The molecule has 0 aliphatic carbocycles. The molecule has 0 atom stereocenters. The van der Waals surface area contributed by atoms with Crippen LogP contribution in [-0.2, 0) is 23.5 Å². The van der Waals surface area contributed by atoms with Crippen LogP contribution >= 0.6 is 0 Å². The van der Waals surface area contributed by atoms with Crippen molar-refractivity contribution in [1.82, 2.24) is 9.55 Å². The van der Waals surface area contributed by atoms with Crippen LogP contribution in [0.1, 0.15) is 5.82 Å². The topological polar surface area (TPSA) is 104 Å². The molecule has 9 heteroatoms. The first-order valence-corrected chi connectivity index (χ1v) is 7.76. The van der Waals surface area contributed by atoms with Crippen LogP contribution in [0.25, 0.3) is 0 Å². The van der Waals surface area contributed by atoms with Gasteiger partial charge in [-0.25, -0.2) is 18.0 Å². The van der Waals surface area contributed by atoms with Crippen molar-refractivity contribution >= 4 is 15.7 Å². The van der Waals surface area contributed by atoms with Crippen molar-refractivity contribution < 1.29 is 18.1 Å². The van der Waals surface area contributed by atoms with Gasteiger partial charge in [0, 0.05) is 6.26 Å². The quantitative estimate of drug-likeness (QED) is 0.609. The van der Waals surface area contributed by atoms with Crippen molar-refractivity contribution in [3.8, 4) is 5.75 Å². The number of aromatic nitrogens is 2. The molecule has 21 heavy (non-hydrogen) atoms. The molecule has 0 bridgehead atoms. The maximum atomic E-state index is 11.6. The molecule has 0 saturated carbocycles. The van der Waals surface area contributed by atoms with Gasteiger partial charge in [-0.2, -0.15) is 0 Å². The summed E-state index contributed by atoms with van der Waals surface area (Å²) < 4.78 is 30.0. The van der Waals surface area contributed by atoms with E-state index in [4.69, 9.17) is 4.74 Å². The Labute approximate surface area is 121 Å². The smallest absolute Gasteiger partial charge is 0.342 e. The van der Waals surface area contributed by atoms with Crippen molar-refractivity contribution in [3.05, 3.63) is 46.4 Å². The van der Waals surface area contributed by atoms with E-state index in [0.29, 0.717) is 5.82 Å². The van der Waals surface area contributed by atoms with Gasteiger partial charge < -0.3 is 14.9 Å². The Balaban J connectivity index is 2.24. The van der Waals surface area contributed by atoms with Crippen molar-refractivity contribution in [2.75, 3.05) is 6.26 Å². The number of rotatable bonds is 5. The molecule has 0 aliphatic heterocycles. The fourth-order valence-corrected chi connectivity index (χ4v) is 2.58. The molecule has 2 rings (SSSR count). The van der Waals surface area contributed by atoms with Gasteiger partial charge in [0.25, 0.3) is 0 Å². The SMILES string of the molecule is Cn1c([N+](=O)[O-])cnc1COc1ccccc1S(C)(=O)=O. The van der Waals surface area contributed by atoms with Gasteiger partial charge in [0.1, 0.15) is 16.8 Å². The second kappa shape index (κ2) is 5.52. The van der Waals surface area contributed by atoms with Crippen LogP contribution in [0.4, 0.5) is 5.82 Å². The molecule has 1 heterocycles. The number of nitrogens with zero attached hydrogens (tertiary/aromatic N) is 3. The summed E-state index contributed by atoms with van der Waals surface area (Å²) in [4.78, 5) is 14.1. The zero-order chi connectivity index (χ0) is 15.6. The highest BCUT2D eigenvalue weighted by Crippen LogP contribution is 2.24. The van der Waals surface area contributed by atoms with Crippen molar-refractivity contribution in [2.45, 2.75) is 11.5 Å². The summed E-state index contributed by atoms with van der Waals surface area (Å²) in [6, 6.07) is 6.19. The van der Waals surface area contributed by atoms with Crippen LogP contribution in [0, 0.1) is 10.1 Å². The zero-order valence-electron chi connectivity index (χ0n) is 11.4. The molecule has 1 aromatic carbocycles. The predicted octanol–water partition coefficient (Wildman–Crippen LogP) is 1.31. The van der Waals surface area contributed by atoms with Gasteiger partial charge >= 0.3 is 5.82 Å². The van der Waals surface area contributed by atoms with E-state index in [1.807, 2.05) is 0 Å². The molecule has 8 nitrogen and oxygen atoms in total. The molecule has 0 unspecified atom stereocenters. The Hall–Kier alpha value is -2.42. The molecule has 0 amide bonds. The van der Waals surface area contributed by atoms with Crippen molar-refractivity contribution in [1.29, 1.82) is 0 Å². The first kappa shape index (κ1) is 15.0. The lowest BCUT2D eigenvalue weighted by atomic mass is 10.3. The summed E-state index contributed by atoms with van der Waals surface area (Å²) in [6.07, 6.45) is 2.21. The first-order valence-electron chi connectivity index (χ1n) is 5.87. The molecular weight excluding hydrogens is 298 g/mol. The highest BCUT2D eigenvalue weighted by molar-refractivity contribution is 7.90. The van der Waals surface area contributed by atoms with Gasteiger partial charge in [0.15, 0.2) is 16.4 Å². The second-order valence-electron chi connectivity index (χ2n) is 4.36. The molecule has 112 valence electrons. The van der Waals surface area contributed by atoms with Gasteiger partial charge in [0.2, 0.25) is 5.82 Å². The highest BCUT2D eigenvalue weighted by Gasteiger charge is 2.18. The third kappa shape index (κ3) is 3.19. The second-order valence-corrected chi connectivity index (χ2v) is 6.34. The first-order chi connectivity index (χ1) is 9.80. The highest BCUT2D eigenvalue weighted by atomic mass is 32.2. The van der Waals surface area contributed by atoms with Crippen LogP contribution in [-0.4, -0.2) is 29.1 Å². The van der Waals surface area contributed by atoms with Crippen LogP contribution in [0.15, 0.2) is 35.4 Å². The summed E-state index contributed by atoms with van der Waals surface area (Å²) >= 11 is 0. The lowest BCUT2D eigenvalue weighted by Crippen LogP contribution is -2.07. The molecule has 0 aliphatic rings. The molecule has 0 saturated heterocycles. The Morgan fingerprint density at radius 1 is 1.38 bits per heavy atom. The van der Waals surface area contributed by atoms with Gasteiger partial charge in [-0.3, -0.25) is 0 Å². The van der Waals surface area contributed by atoms with Gasteiger partial charge in [-0.1, -0.05) is 12.1 Å². The Morgan fingerprint density at radius 2 is 2.05 bits per heavy atom. The van der Waals surface area contributed by atoms with Crippen LogP contribution in [0.3, 0.4) is 0 Å². The molecule has 2 aromatic rings. The number of nitro groups is 1. The molecule has 0 N–H and O–H groups in total. The molecule has 0 fully saturated rings. The van der Waals surface area contributed by atoms with E-state index in [1.165, 1.54) is 23.7 Å². The fourth-order valence-electron chi connectivity index (χ4n) is 1.76. The van der Waals surface area contributed by atoms with Crippen molar-refractivity contribution in [3.63, 3.8) is 0 Å². The number of imidazole rings is 1. The van der Waals surface area contributed by atoms with E-state index in [-0.39, 0.29) is 23.1 Å². The van der Waals surface area contributed by atoms with E-state index in [0.717, 1.165) is 12.5 Å². The van der Waals surface area contributed by atoms with Gasteiger partial charge in [-0.05, 0) is 17.1 Å². The minimum Gasteiger partial charge on any atom is -0.482 e. The molecule has 0 radical (unpaired) electrons. The molecular formula is C12H13N3O5S. The lowest BCUT2D eigenvalue weighted by Gasteiger charge is -2.08. The van der Waals surface area contributed by atoms with Gasteiger partial charge in [0.05, 0.1) is 7.05 Å². The maximum absolute atomic E-state index is 11.6. The number of benzene rings is 1. The van der Waals surface area contributed by atoms with Gasteiger partial charge in [-0.15, -0.1) is 0 Å². The van der Waals surface area contributed by atoms with Crippen LogP contribution in [0.5, 0.6) is 5.75 Å². The standard InChI is InChI=1S/C12H13N3O5S/c1-14-11(13-7-12(14)15(16)17)8-20-9-5-3-4-6-10(9)21(2,18)19/h3-7H,8H2,1-2H3. The fraction of sp³-hybridized carbons (Fsp3) is 0.250. The largest absolute Gasteiger partial charge is 0.482 e. The Kier molecular flexibility index (Phi) is 3.94. The average molecular weight is 311 g/mol. The van der Waals surface area contributed by atoms with E-state index in [2.05, 4.69) is 4.98 Å². The average Bonchev–Trinajstić information content (AvgIpc) is 2.77. The number of hydrogen-bond donors (Lipinski definition) is 0. The number of hydrogen-bond acceptors (Lipinski definition) is 6. The molecule has 1 aromatic heterocycles. The minimum atomic E-state index is -3.42. The zero-order valence-corrected chi connectivity index (χ0v) is 12.2. The van der Waals surface area contributed by atoms with Crippen LogP contribution < -0.4 is 4.74 Å². The third-order valence-corrected chi connectivity index (χ3v) is 3.99. The normalized spacial score (nSPS) is 11.3. The summed E-state index contributed by atoms with van der Waals surface area (Å²) in [6.45, 7) is -0.0725. The predicted molar refractivity (Wildman–Crippen MR) is 73.7 cm³/mol. The minimum absolute atomic E-state index is 0.0636. The lowest BCUT2D eigenvalue weighted by molar-refractivity contribution is -0.391. The van der Waals surface area contributed by atoms with E-state index >= 15 is 0 Å². The monoisotopic (exact) mass is 311 g/mol. The van der Waals surface area contributed by atoms with Crippen LogP contribution in [0.2, 0.25) is 0 Å². The summed E-state index contributed by atoms with van der Waals surface area (Å²) in [5, 5.41) is 10.7. The number of ether oxygens (including phenoxy) is 1. The van der Waals surface area contributed by atoms with Crippen molar-refractivity contribution in [2.24, 2.45) is 7.05 Å². The Morgan fingerprint density at radius 3 is 2.62 bits per heavy atom. The molecule has 0 spiro atoms. The van der Waals surface area contributed by atoms with E-state index < -0.39 is 14.8 Å². The maximum Gasteiger partial charge on any atom is 0.342 e. The summed E-state index contributed by atoms with van der Waals surface area (Å²) in [7, 11) is -1.92. The number of para-hydroxylation sites is 1. The van der Waals surface area contributed by atoms with E-state index in [1.54, 1.807) is 12.1 Å². The Bertz CT molecular complexity index is 782. The number of sulfone groups is 1. The summed E-state index contributed by atoms with van der Waals surface area (Å²) in [5.41, 5.74) is 0.